The van der Waals surface area contributed by atoms with Gasteiger partial charge in [0.05, 0.1) is 35.7 Å². The largest absolute Gasteiger partial charge is 0.464 e. The Morgan fingerprint density at radius 1 is 1.10 bits per heavy atom. The minimum absolute atomic E-state index is 0.0657. The number of thiazole rings is 1. The zero-order valence-electron chi connectivity index (χ0n) is 26.5. The predicted molar refractivity (Wildman–Crippen MR) is 194 cm³/mol. The molecule has 0 radical (unpaired) electrons. The number of carbonyl (C=O) groups is 3. The van der Waals surface area contributed by atoms with Crippen LogP contribution in [0.15, 0.2) is 70.6 Å². The molecule has 0 saturated carbocycles. The van der Waals surface area contributed by atoms with Crippen LogP contribution in [0.4, 0.5) is 11.4 Å². The van der Waals surface area contributed by atoms with Gasteiger partial charge in [-0.05, 0) is 74.9 Å². The molecule has 2 N–H and O–H groups in total. The molecule has 1 atom stereocenters. The van der Waals surface area contributed by atoms with E-state index in [-0.39, 0.29) is 32.1 Å². The van der Waals surface area contributed by atoms with Crippen LogP contribution in [0.3, 0.4) is 0 Å². The maximum atomic E-state index is 13.5. The van der Waals surface area contributed by atoms with Gasteiger partial charge in [-0.25, -0.2) is 4.79 Å². The third kappa shape index (κ3) is 9.12. The maximum absolute atomic E-state index is 13.5. The van der Waals surface area contributed by atoms with Crippen molar-refractivity contribution in [1.29, 1.82) is 0 Å². The van der Waals surface area contributed by atoms with Gasteiger partial charge in [0.25, 0.3) is 15.1 Å². The van der Waals surface area contributed by atoms with Crippen molar-refractivity contribution >= 4 is 102 Å². The molecule has 1 aliphatic heterocycles. The van der Waals surface area contributed by atoms with Crippen molar-refractivity contribution in [1.82, 2.24) is 5.32 Å². The van der Waals surface area contributed by atoms with Crippen LogP contribution in [-0.4, -0.2) is 62.6 Å². The monoisotopic (exact) mass is 763 g/mol. The van der Waals surface area contributed by atoms with Gasteiger partial charge < -0.3 is 14.5 Å². The zero-order valence-corrected chi connectivity index (χ0v) is 30.4. The summed E-state index contributed by atoms with van der Waals surface area (Å²) in [5, 5.41) is 5.60. The first-order valence-corrected chi connectivity index (χ1v) is 19.2. The van der Waals surface area contributed by atoms with E-state index in [4.69, 9.17) is 27.9 Å². The van der Waals surface area contributed by atoms with E-state index in [1.807, 2.05) is 39.8 Å². The summed E-state index contributed by atoms with van der Waals surface area (Å²) in [6.07, 6.45) is 2.85. The molecule has 16 heteroatoms. The molecule has 0 aliphatic carbocycles. The maximum Gasteiger partial charge on any atom is 0.328 e. The molecule has 0 fully saturated rings. The Kier molecular flexibility index (Phi) is 11.9. The molecule has 2 heterocycles. The summed E-state index contributed by atoms with van der Waals surface area (Å²) < 4.78 is 40.3. The lowest BCUT2D eigenvalue weighted by Gasteiger charge is -2.29. The van der Waals surface area contributed by atoms with E-state index in [9.17, 15) is 27.4 Å². The highest BCUT2D eigenvalue weighted by Gasteiger charge is 2.30. The fraction of sp³-hybridized carbons (Fsp3) is 0.273. The molecular weight excluding hydrogens is 731 g/mol. The van der Waals surface area contributed by atoms with Gasteiger partial charge in [0.2, 0.25) is 18.1 Å². The van der Waals surface area contributed by atoms with Crippen LogP contribution >= 0.6 is 46.3 Å². The molecule has 1 amide bonds. The third-order valence-corrected chi connectivity index (χ3v) is 11.1. The molecule has 0 saturated heterocycles. The van der Waals surface area contributed by atoms with Crippen molar-refractivity contribution in [3.8, 4) is 0 Å². The lowest BCUT2D eigenvalue weighted by atomic mass is 10.1. The van der Waals surface area contributed by atoms with Crippen molar-refractivity contribution in [2.45, 2.75) is 37.9 Å². The Bertz CT molecular complexity index is 2020. The number of nitrogens with one attached hydrogen (secondary N) is 1. The fourth-order valence-corrected chi connectivity index (χ4v) is 8.32. The summed E-state index contributed by atoms with van der Waals surface area (Å²) in [4.78, 5) is 41.9. The predicted octanol–water partition coefficient (Wildman–Crippen LogP) is 6.03. The summed E-state index contributed by atoms with van der Waals surface area (Å²) in [6, 6.07) is 16.8. The molecule has 1 unspecified atom stereocenters. The van der Waals surface area contributed by atoms with Crippen LogP contribution in [0.1, 0.15) is 35.6 Å². The quantitative estimate of drug-likeness (QED) is 0.0678. The van der Waals surface area contributed by atoms with Crippen molar-refractivity contribution in [2.24, 2.45) is 0 Å². The van der Waals surface area contributed by atoms with Crippen molar-refractivity contribution in [3.05, 3.63) is 86.3 Å². The van der Waals surface area contributed by atoms with E-state index in [0.717, 1.165) is 30.8 Å². The molecule has 1 aliphatic rings. The highest BCUT2D eigenvalue weighted by molar-refractivity contribution is 8.03. The minimum Gasteiger partial charge on any atom is -0.464 e. The van der Waals surface area contributed by atoms with Crippen LogP contribution in [0.25, 0.3) is 16.3 Å². The number of carbonyl (C=O) groups excluding carboxylic acids is 3. The lowest BCUT2D eigenvalue weighted by molar-refractivity contribution is -0.672. The molecule has 11 nitrogen and oxygen atoms in total. The molecule has 49 heavy (non-hydrogen) atoms. The summed E-state index contributed by atoms with van der Waals surface area (Å²) in [7, 11) is -4.14. The number of anilines is 2. The molecular formula is C33H33Cl2N4O7S3+. The molecule has 0 spiro atoms. The smallest absolute Gasteiger partial charge is 0.328 e. The minimum atomic E-state index is -4.14. The first-order chi connectivity index (χ1) is 23.4. The van der Waals surface area contributed by atoms with E-state index in [2.05, 4.69) is 5.32 Å². The van der Waals surface area contributed by atoms with Crippen molar-refractivity contribution in [2.75, 3.05) is 35.2 Å². The number of nitrogens with zero attached hydrogens (tertiary/aromatic N) is 3. The Balaban J connectivity index is 1.44. The second kappa shape index (κ2) is 15.9. The number of hydrogen-bond donors (Lipinski definition) is 2. The topological polar surface area (TPSA) is 137 Å². The summed E-state index contributed by atoms with van der Waals surface area (Å²) in [5.74, 6) is -1.25. The Morgan fingerprint density at radius 3 is 2.51 bits per heavy atom. The number of halogens is 2. The first-order valence-electron chi connectivity index (χ1n) is 15.2. The highest BCUT2D eigenvalue weighted by atomic mass is 35.5. The normalized spacial score (nSPS) is 14.1. The number of rotatable bonds is 14. The van der Waals surface area contributed by atoms with E-state index < -0.39 is 27.9 Å². The first kappa shape index (κ1) is 36.6. The van der Waals surface area contributed by atoms with Gasteiger partial charge in [-0.2, -0.15) is 13.0 Å². The average molecular weight is 765 g/mol. The van der Waals surface area contributed by atoms with Crippen molar-refractivity contribution in [3.63, 3.8) is 0 Å². The highest BCUT2D eigenvalue weighted by Crippen LogP contribution is 2.48. The lowest BCUT2D eigenvalue weighted by Crippen LogP contribution is -2.50. The van der Waals surface area contributed by atoms with E-state index in [0.29, 0.717) is 34.1 Å². The Labute approximate surface area is 302 Å². The summed E-state index contributed by atoms with van der Waals surface area (Å²) >= 11 is 15.7. The van der Waals surface area contributed by atoms with Crippen LogP contribution in [0.2, 0.25) is 10.0 Å². The van der Waals surface area contributed by atoms with E-state index in [1.54, 1.807) is 55.1 Å². The summed E-state index contributed by atoms with van der Waals surface area (Å²) in [6.45, 7) is 3.74. The van der Waals surface area contributed by atoms with Gasteiger partial charge in [0.15, 0.2) is 0 Å². The molecule has 3 aromatic carbocycles. The molecule has 4 aromatic rings. The molecule has 5 rings (SSSR count). The number of aromatic nitrogens is 1. The summed E-state index contributed by atoms with van der Waals surface area (Å²) in [5.41, 5.74) is 2.63. The van der Waals surface area contributed by atoms with Crippen LogP contribution < -0.4 is 19.7 Å². The standard InChI is InChI=1S/C33H32Cl2N4O7S3/c1-3-46-33(42)21(2)38(25-9-5-22(19-40)6-10-25)18-30(41)36-20-39-27-16-24(35)8-12-29(27)48-32(39)17-31-37(13-4-14-49(43,44)45)26-15-23(34)7-11-28(26)47-31/h5-12,15-17,19,21H,3-4,13-14,18,20H2,1-2H3,(H-,36,41,43,44,45)/p+1. The van der Waals surface area contributed by atoms with Crippen LogP contribution in [0.5, 0.6) is 0 Å². The Hall–Kier alpha value is -3.66. The number of fused-ring (bicyclic) bond motifs is 2. The third-order valence-electron chi connectivity index (χ3n) is 7.62. The SMILES string of the molecule is CCOC(=O)C(C)N(CC(=O)NC[n+]1c(/C=C2\Sc3ccc(Cl)cc3N2CCCS(=O)(=O)O)sc2ccc(Cl)cc21)c1ccc(C=O)cc1. The number of aldehydes is 1. The van der Waals surface area contributed by atoms with Gasteiger partial charge in [-0.1, -0.05) is 46.3 Å². The van der Waals surface area contributed by atoms with Gasteiger partial charge in [0, 0.05) is 38.8 Å². The number of ether oxygens (including phenoxy) is 1. The van der Waals surface area contributed by atoms with Crippen molar-refractivity contribution < 1.29 is 36.7 Å². The molecule has 1 aromatic heterocycles. The number of amides is 1. The Morgan fingerprint density at radius 2 is 1.82 bits per heavy atom. The average Bonchev–Trinajstić information content (AvgIpc) is 3.57. The van der Waals surface area contributed by atoms with Crippen LogP contribution in [-0.2, 0) is 31.1 Å². The second-order valence-electron chi connectivity index (χ2n) is 11.0. The van der Waals surface area contributed by atoms with Crippen LogP contribution in [0, 0.1) is 0 Å². The van der Waals surface area contributed by atoms with Gasteiger partial charge in [0.1, 0.15) is 17.0 Å². The van der Waals surface area contributed by atoms with E-state index >= 15 is 0 Å². The number of hydrogen-bond acceptors (Lipinski definition) is 10. The number of thioether (sulfide) groups is 1. The second-order valence-corrected chi connectivity index (χ2v) is 15.6. The molecule has 258 valence electrons. The van der Waals surface area contributed by atoms with Gasteiger partial charge in [-0.3, -0.25) is 19.5 Å². The number of benzene rings is 3. The van der Waals surface area contributed by atoms with Gasteiger partial charge in [-0.15, -0.1) is 0 Å². The van der Waals surface area contributed by atoms with Gasteiger partial charge >= 0.3 is 5.97 Å². The zero-order chi connectivity index (χ0) is 35.3. The molecule has 0 bridgehead atoms. The van der Waals surface area contributed by atoms with E-state index in [1.165, 1.54) is 23.1 Å². The fourth-order valence-electron chi connectivity index (χ4n) is 5.23. The number of esters is 1.